The highest BCUT2D eigenvalue weighted by Gasteiger charge is 2.39. The van der Waals surface area contributed by atoms with E-state index in [1.54, 1.807) is 102 Å². The van der Waals surface area contributed by atoms with Crippen molar-refractivity contribution in [3.63, 3.8) is 0 Å². The lowest BCUT2D eigenvalue weighted by atomic mass is 9.98. The molecule has 584 valence electrons. The first-order valence-corrected chi connectivity index (χ1v) is 37.5. The number of carbonyl (C=O) groups is 14. The molecule has 1 unspecified atom stereocenters. The number of carboxylic acids is 3. The number of carbonyl (C=O) groups excluding carboxylic acids is 11. The van der Waals surface area contributed by atoms with E-state index in [2.05, 4.69) is 83.7 Å². The molecule has 5 aromatic rings. The Morgan fingerprint density at radius 3 is 1.65 bits per heavy atom. The Kier molecular flexibility index (Phi) is 33.0. The number of nitrogens with one attached hydrogen (secondary N) is 15. The number of fused-ring (bicyclic) bond motifs is 2. The molecule has 0 aliphatic carbocycles. The molecule has 1 aliphatic rings. The Bertz CT molecular complexity index is 3940. The van der Waals surface area contributed by atoms with Gasteiger partial charge in [-0.1, -0.05) is 106 Å². The van der Waals surface area contributed by atoms with Gasteiger partial charge in [-0.15, -0.1) is 0 Å². The molecule has 2 aromatic carbocycles. The predicted molar refractivity (Wildman–Crippen MR) is 393 cm³/mol. The maximum Gasteiger partial charge on any atom is 0.328 e. The average Bonchev–Trinajstić information content (AvgIpc) is 1.69. The number of amides is 11. The van der Waals surface area contributed by atoms with Crippen LogP contribution in [-0.2, 0) is 86.4 Å². The number of para-hydroxylation sites is 2. The number of aliphatic hydroxyl groups is 2. The van der Waals surface area contributed by atoms with Crippen LogP contribution in [0.4, 0.5) is 0 Å². The van der Waals surface area contributed by atoms with Crippen LogP contribution < -0.4 is 63.8 Å². The SMILES string of the molecule is CC(C)C[C@@H]1NC(=O)[C@H](Cc2cnc[nH]2)NC(=O)[C@H](Cc2c[nH]c3ccccc23)NC(O)[C@H](C)NC(=O)[C@@H](NC(=O)[C@@H](C)CC(=O)O)CSSC[C@@H](C(=O)N[C@H](C(=O)O)[C@@H](C)O)NC(=O)[C@H](Cc2c[nH]c3ccccc23)NC(=O)[C@H](C(C)C)NC(=O)[C@H](CC(C)C)NC(=O)[C@H](CCC(=O)O)NC(=O)CNC1=O. The fourth-order valence-electron chi connectivity index (χ4n) is 11.6. The quantitative estimate of drug-likeness (QED) is 0.0379. The number of aromatic nitrogens is 4. The van der Waals surface area contributed by atoms with Crippen LogP contribution in [0, 0.1) is 23.7 Å². The van der Waals surface area contributed by atoms with Gasteiger partial charge in [0.1, 0.15) is 54.6 Å². The van der Waals surface area contributed by atoms with Gasteiger partial charge in [0.25, 0.3) is 0 Å². The summed E-state index contributed by atoms with van der Waals surface area (Å²) in [5.41, 5.74) is 2.68. The molecule has 4 heterocycles. The van der Waals surface area contributed by atoms with Gasteiger partial charge >= 0.3 is 17.9 Å². The zero-order chi connectivity index (χ0) is 78.9. The maximum absolute atomic E-state index is 15.0. The monoisotopic (exact) mass is 1530 g/mol. The molecule has 1 fully saturated rings. The molecule has 6 rings (SSSR count). The van der Waals surface area contributed by atoms with Crippen molar-refractivity contribution in [1.29, 1.82) is 0 Å². The zero-order valence-corrected chi connectivity index (χ0v) is 62.4. The molecule has 0 radical (unpaired) electrons. The van der Waals surface area contributed by atoms with Crippen LogP contribution in [0.3, 0.4) is 0 Å². The first-order valence-electron chi connectivity index (χ1n) is 35.0. The maximum atomic E-state index is 15.0. The minimum atomic E-state index is -1.93. The number of benzene rings is 2. The third-order valence-electron chi connectivity index (χ3n) is 17.4. The van der Waals surface area contributed by atoms with Crippen LogP contribution in [0.5, 0.6) is 0 Å². The minimum absolute atomic E-state index is 0.0294. The number of nitrogens with zero attached hydrogens (tertiary/aromatic N) is 1. The van der Waals surface area contributed by atoms with Gasteiger partial charge in [-0.25, -0.2) is 9.78 Å². The average molecular weight is 1530 g/mol. The summed E-state index contributed by atoms with van der Waals surface area (Å²) < 4.78 is 0. The van der Waals surface area contributed by atoms with Crippen LogP contribution in [0.15, 0.2) is 73.4 Å². The van der Waals surface area contributed by atoms with Gasteiger partial charge in [0.05, 0.1) is 37.5 Å². The number of aliphatic hydroxyl groups excluding tert-OH is 2. The second kappa shape index (κ2) is 41.1. The molecule has 1 saturated heterocycles. The molecule has 107 heavy (non-hydrogen) atoms. The number of aliphatic carboxylic acids is 3. The lowest BCUT2D eigenvalue weighted by molar-refractivity contribution is -0.145. The second-order valence-corrected chi connectivity index (χ2v) is 30.2. The van der Waals surface area contributed by atoms with Crippen LogP contribution in [0.25, 0.3) is 21.8 Å². The normalized spacial score (nSPS) is 24.0. The van der Waals surface area contributed by atoms with Gasteiger partial charge < -0.3 is 99.0 Å². The number of aromatic amines is 3. The van der Waals surface area contributed by atoms with Crippen molar-refractivity contribution in [3.8, 4) is 0 Å². The summed E-state index contributed by atoms with van der Waals surface area (Å²) in [5, 5.41) is 84.3. The van der Waals surface area contributed by atoms with Gasteiger partial charge in [-0.05, 0) is 80.5 Å². The molecule has 37 heteroatoms. The van der Waals surface area contributed by atoms with Gasteiger partial charge in [0.15, 0.2) is 6.04 Å². The highest BCUT2D eigenvalue weighted by Crippen LogP contribution is 2.26. The lowest BCUT2D eigenvalue weighted by Gasteiger charge is -2.29. The standard InChI is InChI=1S/C70H98N16O19S2/c1-33(2)20-47-61(95)74-29-54(88)77-46(18-19-55(89)90)62(96)80-48(21-34(3)4)66(100)85-57(35(5)6)69(103)82-50(24-40-27-73-45-17-13-11-15-43(40)45)64(98)84-53(68(102)86-58(38(9)87)70(104)105)31-107-106-30-52(83-59(93)36(7)22-56(91)92)67(101)76-37(8)60(94)78-49(23-39-26-72-44-16-12-10-14-42(39)44)63(97)81-51(65(99)79-47)25-41-28-71-32-75-41/h10-17,26-28,32-38,46-53,57-58,60,72-73,78,87,94H,18-25,29-31H2,1-9H3,(H,71,75)(H,74,95)(H,76,101)(H,77,88)(H,79,99)(H,80,96)(H,81,97)(H,82,103)(H,83,93)(H,84,98)(H,85,100)(H,86,102)(H,89,90)(H,91,92)(H,104,105)/t36-,37-,38+,46-,47-,48-,49-,50-,51-,52-,53-,57-,58-,60?/m0/s1. The Morgan fingerprint density at radius 1 is 0.579 bits per heavy atom. The number of imidazole rings is 1. The van der Waals surface area contributed by atoms with Crippen molar-refractivity contribution in [1.82, 2.24) is 83.7 Å². The fraction of sp³-hybridized carbons (Fsp3) is 0.529. The predicted octanol–water partition coefficient (Wildman–Crippen LogP) is -0.755. The van der Waals surface area contributed by atoms with Crippen LogP contribution in [0.1, 0.15) is 111 Å². The second-order valence-electron chi connectivity index (χ2n) is 27.6. The smallest absolute Gasteiger partial charge is 0.328 e. The van der Waals surface area contributed by atoms with Crippen molar-refractivity contribution in [3.05, 3.63) is 90.3 Å². The number of carboxylic acid groups (broad SMARTS) is 3. The number of hydrogen-bond acceptors (Lipinski definition) is 20. The van der Waals surface area contributed by atoms with Crippen molar-refractivity contribution in [2.75, 3.05) is 18.1 Å². The summed E-state index contributed by atoms with van der Waals surface area (Å²) >= 11 is 0. The third-order valence-corrected chi connectivity index (χ3v) is 19.8. The first kappa shape index (κ1) is 85.8. The molecule has 20 N–H and O–H groups in total. The molecule has 0 bridgehead atoms. The topological polar surface area (TPSA) is 545 Å². The van der Waals surface area contributed by atoms with Gasteiger partial charge in [0.2, 0.25) is 65.0 Å². The Labute approximate surface area is 624 Å². The molecule has 1 aliphatic heterocycles. The molecular weight excluding hydrogens is 1430 g/mol. The highest BCUT2D eigenvalue weighted by atomic mass is 33.1. The van der Waals surface area contributed by atoms with Crippen molar-refractivity contribution >= 4 is 126 Å². The van der Waals surface area contributed by atoms with Crippen LogP contribution in [-0.4, -0.2) is 225 Å². The molecule has 0 spiro atoms. The Morgan fingerprint density at radius 2 is 1.10 bits per heavy atom. The number of hydrogen-bond donors (Lipinski definition) is 20. The Balaban J connectivity index is 1.44. The number of rotatable bonds is 22. The molecule has 0 saturated carbocycles. The summed E-state index contributed by atoms with van der Waals surface area (Å²) in [6.07, 6.45) is -0.276. The summed E-state index contributed by atoms with van der Waals surface area (Å²) in [4.78, 5) is 209. The highest BCUT2D eigenvalue weighted by molar-refractivity contribution is 8.76. The van der Waals surface area contributed by atoms with E-state index in [9.17, 15) is 87.9 Å². The zero-order valence-electron chi connectivity index (χ0n) is 60.7. The summed E-state index contributed by atoms with van der Waals surface area (Å²) in [7, 11) is 1.66. The summed E-state index contributed by atoms with van der Waals surface area (Å²) in [6.45, 7) is 13.0. The van der Waals surface area contributed by atoms with E-state index in [1.165, 1.54) is 26.4 Å². The van der Waals surface area contributed by atoms with Gasteiger partial charge in [-0.3, -0.25) is 67.6 Å². The van der Waals surface area contributed by atoms with Crippen LogP contribution in [0.2, 0.25) is 0 Å². The van der Waals surface area contributed by atoms with E-state index in [0.29, 0.717) is 38.6 Å². The number of H-pyrrole nitrogens is 3. The van der Waals surface area contributed by atoms with Gasteiger partial charge in [-0.2, -0.15) is 0 Å². The van der Waals surface area contributed by atoms with Gasteiger partial charge in [0, 0.05) is 82.8 Å². The van der Waals surface area contributed by atoms with E-state index in [4.69, 9.17) is 0 Å². The summed E-state index contributed by atoms with van der Waals surface area (Å²) in [6, 6.07) is -3.10. The van der Waals surface area contributed by atoms with E-state index < -0.39 is 205 Å². The minimum Gasteiger partial charge on any atom is -0.481 e. The van der Waals surface area contributed by atoms with E-state index in [0.717, 1.165) is 28.5 Å². The van der Waals surface area contributed by atoms with Crippen LogP contribution >= 0.6 is 21.6 Å². The van der Waals surface area contributed by atoms with E-state index >= 15 is 4.79 Å². The van der Waals surface area contributed by atoms with Crippen molar-refractivity contribution in [2.45, 2.75) is 192 Å². The van der Waals surface area contributed by atoms with E-state index in [1.807, 2.05) is 0 Å². The summed E-state index contributed by atoms with van der Waals surface area (Å²) in [5.74, 6) is -18.4. The van der Waals surface area contributed by atoms with Crippen molar-refractivity contribution < 1.29 is 92.7 Å². The molecular formula is C70H98N16O19S2. The van der Waals surface area contributed by atoms with Crippen molar-refractivity contribution in [2.24, 2.45) is 23.7 Å². The third kappa shape index (κ3) is 26.7. The molecule has 3 aromatic heterocycles. The largest absolute Gasteiger partial charge is 0.481 e. The lowest BCUT2D eigenvalue weighted by Crippen LogP contribution is -2.61. The molecule has 14 atom stereocenters. The fourth-order valence-corrected chi connectivity index (χ4v) is 13.9. The van der Waals surface area contributed by atoms with E-state index in [-0.39, 0.29) is 49.7 Å². The molecule has 35 nitrogen and oxygen atoms in total. The Hall–Kier alpha value is -10.1. The molecule has 11 amide bonds. The first-order chi connectivity index (χ1) is 50.6.